The molecule has 2 aliphatic carbocycles. The molecule has 0 heteroatoms. The van der Waals surface area contributed by atoms with Crippen LogP contribution >= 0.6 is 0 Å². The van der Waals surface area contributed by atoms with E-state index in [9.17, 15) is 0 Å². The highest BCUT2D eigenvalue weighted by Gasteiger charge is 2.35. The minimum atomic E-state index is 0.793. The first-order valence-electron chi connectivity index (χ1n) is 9.12. The Morgan fingerprint density at radius 2 is 1.64 bits per heavy atom. The normalized spacial score (nSPS) is 31.3. The quantitative estimate of drug-likeness (QED) is 0.560. The number of rotatable bonds is 5. The summed E-state index contributed by atoms with van der Waals surface area (Å²) in [5.74, 6) is 3.53. The van der Waals surface area contributed by atoms with E-state index in [1.165, 1.54) is 44.1 Å². The van der Waals surface area contributed by atoms with Gasteiger partial charge in [0, 0.05) is 0 Å². The molecular formula is C22H30. The van der Waals surface area contributed by atoms with Crippen molar-refractivity contribution >= 4 is 0 Å². The second-order valence-corrected chi connectivity index (χ2v) is 7.41. The molecule has 118 valence electrons. The summed E-state index contributed by atoms with van der Waals surface area (Å²) >= 11 is 0. The zero-order chi connectivity index (χ0) is 15.4. The summed E-state index contributed by atoms with van der Waals surface area (Å²) in [7, 11) is 0. The maximum absolute atomic E-state index is 4.01. The Kier molecular flexibility index (Phi) is 5.18. The third kappa shape index (κ3) is 3.54. The lowest BCUT2D eigenvalue weighted by Crippen LogP contribution is -2.29. The van der Waals surface area contributed by atoms with Gasteiger partial charge in [0.15, 0.2) is 0 Å². The number of fused-ring (bicyclic) bond motifs is 1. The van der Waals surface area contributed by atoms with Crippen LogP contribution < -0.4 is 0 Å². The van der Waals surface area contributed by atoms with Crippen molar-refractivity contribution in [2.75, 3.05) is 0 Å². The summed E-state index contributed by atoms with van der Waals surface area (Å²) in [6.07, 6.45) is 14.8. The van der Waals surface area contributed by atoms with Crippen LogP contribution in [-0.2, 0) is 6.42 Å². The average molecular weight is 294 g/mol. The minimum Gasteiger partial charge on any atom is -0.103 e. The Bertz CT molecular complexity index is 495. The van der Waals surface area contributed by atoms with Gasteiger partial charge < -0.3 is 0 Å². The molecule has 0 heterocycles. The van der Waals surface area contributed by atoms with Crippen molar-refractivity contribution < 1.29 is 0 Å². The van der Waals surface area contributed by atoms with Crippen molar-refractivity contribution in [3.63, 3.8) is 0 Å². The van der Waals surface area contributed by atoms with Crippen molar-refractivity contribution in [1.82, 2.24) is 0 Å². The number of hydrogen-bond acceptors (Lipinski definition) is 0. The SMILES string of the molecule is C=CCCc1ccc(C2CC[C@@H]3C[C@H](C=C)CC[C@@H]3C2)cc1. The topological polar surface area (TPSA) is 0 Å². The molecule has 3 rings (SSSR count). The molecule has 0 radical (unpaired) electrons. The second kappa shape index (κ2) is 7.31. The zero-order valence-electron chi connectivity index (χ0n) is 13.8. The van der Waals surface area contributed by atoms with Crippen LogP contribution in [0, 0.1) is 17.8 Å². The summed E-state index contributed by atoms with van der Waals surface area (Å²) in [6, 6.07) is 9.44. The molecule has 2 fully saturated rings. The number of allylic oxidation sites excluding steroid dienone is 2. The van der Waals surface area contributed by atoms with Gasteiger partial charge in [-0.2, -0.15) is 0 Å². The Morgan fingerprint density at radius 1 is 0.909 bits per heavy atom. The molecule has 0 bridgehead atoms. The van der Waals surface area contributed by atoms with Gasteiger partial charge in [-0.25, -0.2) is 0 Å². The lowest BCUT2D eigenvalue weighted by molar-refractivity contribution is 0.133. The number of hydrogen-bond donors (Lipinski definition) is 0. The summed E-state index contributed by atoms with van der Waals surface area (Å²) in [4.78, 5) is 0. The van der Waals surface area contributed by atoms with Crippen LogP contribution in [-0.4, -0.2) is 0 Å². The first-order valence-corrected chi connectivity index (χ1v) is 9.12. The lowest BCUT2D eigenvalue weighted by atomic mass is 9.64. The Labute approximate surface area is 136 Å². The maximum atomic E-state index is 4.01. The van der Waals surface area contributed by atoms with Gasteiger partial charge in [0.2, 0.25) is 0 Å². The van der Waals surface area contributed by atoms with Gasteiger partial charge in [0.25, 0.3) is 0 Å². The molecule has 1 unspecified atom stereocenters. The van der Waals surface area contributed by atoms with Crippen LogP contribution in [0.25, 0.3) is 0 Å². The monoisotopic (exact) mass is 294 g/mol. The summed E-state index contributed by atoms with van der Waals surface area (Å²) in [5.41, 5.74) is 3.02. The van der Waals surface area contributed by atoms with Gasteiger partial charge in [-0.1, -0.05) is 36.4 Å². The van der Waals surface area contributed by atoms with Gasteiger partial charge in [0.05, 0.1) is 0 Å². The largest absolute Gasteiger partial charge is 0.103 e. The van der Waals surface area contributed by atoms with Crippen molar-refractivity contribution in [2.45, 2.75) is 57.3 Å². The van der Waals surface area contributed by atoms with Crippen LogP contribution in [0.1, 0.15) is 62.0 Å². The maximum Gasteiger partial charge on any atom is -0.0159 e. The fraction of sp³-hybridized carbons (Fsp3) is 0.545. The average Bonchev–Trinajstić information content (AvgIpc) is 2.59. The Morgan fingerprint density at radius 3 is 2.36 bits per heavy atom. The summed E-state index contributed by atoms with van der Waals surface area (Å²) in [6.45, 7) is 7.82. The van der Waals surface area contributed by atoms with E-state index < -0.39 is 0 Å². The van der Waals surface area contributed by atoms with Crippen LogP contribution in [0.15, 0.2) is 49.6 Å². The fourth-order valence-electron chi connectivity index (χ4n) is 4.67. The molecule has 0 aliphatic heterocycles. The van der Waals surface area contributed by atoms with Gasteiger partial charge in [-0.05, 0) is 86.2 Å². The minimum absolute atomic E-state index is 0.793. The third-order valence-electron chi connectivity index (χ3n) is 6.08. The molecule has 0 spiro atoms. The molecule has 0 nitrogen and oxygen atoms in total. The van der Waals surface area contributed by atoms with Gasteiger partial charge >= 0.3 is 0 Å². The smallest absolute Gasteiger partial charge is 0.0159 e. The van der Waals surface area contributed by atoms with Crippen LogP contribution in [0.3, 0.4) is 0 Å². The van der Waals surface area contributed by atoms with E-state index >= 15 is 0 Å². The predicted molar refractivity (Wildman–Crippen MR) is 96.1 cm³/mol. The summed E-state index contributed by atoms with van der Waals surface area (Å²) < 4.78 is 0. The van der Waals surface area contributed by atoms with Gasteiger partial charge in [0.1, 0.15) is 0 Å². The van der Waals surface area contributed by atoms with E-state index in [1.54, 1.807) is 5.56 Å². The highest BCUT2D eigenvalue weighted by Crippen LogP contribution is 2.47. The number of aryl methyl sites for hydroxylation is 1. The number of benzene rings is 1. The van der Waals surface area contributed by atoms with Crippen LogP contribution in [0.5, 0.6) is 0 Å². The van der Waals surface area contributed by atoms with Gasteiger partial charge in [-0.15, -0.1) is 13.2 Å². The summed E-state index contributed by atoms with van der Waals surface area (Å²) in [5, 5.41) is 0. The first kappa shape index (κ1) is 15.6. The van der Waals surface area contributed by atoms with Crippen molar-refractivity contribution in [2.24, 2.45) is 17.8 Å². The van der Waals surface area contributed by atoms with Crippen molar-refractivity contribution in [3.05, 3.63) is 60.7 Å². The third-order valence-corrected chi connectivity index (χ3v) is 6.08. The molecule has 0 amide bonds. The van der Waals surface area contributed by atoms with E-state index in [0.717, 1.165) is 36.5 Å². The molecule has 1 aromatic carbocycles. The van der Waals surface area contributed by atoms with E-state index in [-0.39, 0.29) is 0 Å². The van der Waals surface area contributed by atoms with E-state index in [1.807, 2.05) is 6.08 Å². The lowest BCUT2D eigenvalue weighted by Gasteiger charge is -2.41. The van der Waals surface area contributed by atoms with Gasteiger partial charge in [-0.3, -0.25) is 0 Å². The van der Waals surface area contributed by atoms with E-state index in [4.69, 9.17) is 0 Å². The molecule has 0 aromatic heterocycles. The molecular weight excluding hydrogens is 264 g/mol. The standard InChI is InChI=1S/C22H30/c1-3-5-6-18-8-10-19(11-9-18)21-14-13-20-15-17(4-2)7-12-22(20)16-21/h3-4,8-11,17,20-22H,1-2,5-7,12-16H2/t17-,20-,21?,22-/m1/s1. The van der Waals surface area contributed by atoms with Crippen LogP contribution in [0.2, 0.25) is 0 Å². The highest BCUT2D eigenvalue weighted by atomic mass is 14.4. The molecule has 1 aromatic rings. The molecule has 0 saturated heterocycles. The second-order valence-electron chi connectivity index (χ2n) is 7.41. The Hall–Kier alpha value is -1.30. The van der Waals surface area contributed by atoms with Crippen molar-refractivity contribution in [3.8, 4) is 0 Å². The van der Waals surface area contributed by atoms with E-state index in [0.29, 0.717) is 0 Å². The van der Waals surface area contributed by atoms with Crippen molar-refractivity contribution in [1.29, 1.82) is 0 Å². The fourth-order valence-corrected chi connectivity index (χ4v) is 4.67. The molecule has 22 heavy (non-hydrogen) atoms. The molecule has 2 saturated carbocycles. The molecule has 4 atom stereocenters. The zero-order valence-corrected chi connectivity index (χ0v) is 13.8. The highest BCUT2D eigenvalue weighted by molar-refractivity contribution is 5.26. The van der Waals surface area contributed by atoms with E-state index in [2.05, 4.69) is 43.5 Å². The molecule has 2 aliphatic rings. The van der Waals surface area contributed by atoms with Crippen LogP contribution in [0.4, 0.5) is 0 Å². The predicted octanol–water partition coefficient (Wildman–Crippen LogP) is 6.29. The first-order chi connectivity index (χ1) is 10.8. The Balaban J connectivity index is 1.60. The molecule has 0 N–H and O–H groups in total.